The van der Waals surface area contributed by atoms with Gasteiger partial charge in [0.2, 0.25) is 11.8 Å². The van der Waals surface area contributed by atoms with Crippen LogP contribution in [0, 0.1) is 0 Å². The molecule has 0 aliphatic carbocycles. The Hall–Kier alpha value is -3.82. The molecule has 3 N–H and O–H groups in total. The van der Waals surface area contributed by atoms with E-state index in [1.165, 1.54) is 19.4 Å². The number of aromatic nitrogens is 4. The number of methoxy groups -OCH3 is 1. The normalized spacial score (nSPS) is 15.0. The standard InChI is InChI=1S/C25H22Cl2N6O3/c1-12(2)32-19(17-11-30-25(28)31-23(17)36-3)9-16-21(32)20(13-4-6-14(26)7-5-13)33(24(16)35)15-8-18(27)22(34)29-10-15/h4-12,20H,1-3H3,(H,29,34)(H2,28,30,31). The number of fused-ring (bicyclic) bond motifs is 1. The van der Waals surface area contributed by atoms with Gasteiger partial charge in [-0.1, -0.05) is 35.3 Å². The van der Waals surface area contributed by atoms with Crippen LogP contribution in [0.15, 0.2) is 53.6 Å². The van der Waals surface area contributed by atoms with Crippen molar-refractivity contribution >= 4 is 40.7 Å². The third-order valence-electron chi connectivity index (χ3n) is 6.11. The molecular formula is C25H22Cl2N6O3. The first-order valence-electron chi connectivity index (χ1n) is 11.1. The Balaban J connectivity index is 1.79. The number of benzene rings is 1. The quantitative estimate of drug-likeness (QED) is 0.384. The molecule has 0 spiro atoms. The highest BCUT2D eigenvalue weighted by Crippen LogP contribution is 2.47. The van der Waals surface area contributed by atoms with Crippen LogP contribution in [0.5, 0.6) is 5.88 Å². The van der Waals surface area contributed by atoms with Crippen molar-refractivity contribution in [3.8, 4) is 17.1 Å². The predicted molar refractivity (Wildman–Crippen MR) is 139 cm³/mol. The number of carbonyl (C=O) groups excluding carboxylic acids is 1. The van der Waals surface area contributed by atoms with Gasteiger partial charge >= 0.3 is 0 Å². The van der Waals surface area contributed by atoms with Crippen molar-refractivity contribution in [2.24, 2.45) is 0 Å². The number of halogens is 2. The highest BCUT2D eigenvalue weighted by Gasteiger charge is 2.43. The number of hydrogen-bond donors (Lipinski definition) is 2. The van der Waals surface area contributed by atoms with Crippen LogP contribution in [0.4, 0.5) is 11.6 Å². The maximum Gasteiger partial charge on any atom is 0.266 e. The molecule has 0 radical (unpaired) electrons. The Morgan fingerprint density at radius 2 is 1.83 bits per heavy atom. The average molecular weight is 525 g/mol. The third-order valence-corrected chi connectivity index (χ3v) is 6.64. The molecule has 3 aromatic heterocycles. The van der Waals surface area contributed by atoms with Crippen molar-refractivity contribution in [1.82, 2.24) is 19.5 Å². The highest BCUT2D eigenvalue weighted by atomic mass is 35.5. The van der Waals surface area contributed by atoms with Crippen LogP contribution < -0.4 is 20.9 Å². The van der Waals surface area contributed by atoms with Gasteiger partial charge < -0.3 is 20.0 Å². The van der Waals surface area contributed by atoms with E-state index in [-0.39, 0.29) is 22.9 Å². The number of anilines is 2. The Morgan fingerprint density at radius 3 is 2.47 bits per heavy atom. The fourth-order valence-corrected chi connectivity index (χ4v) is 4.93. The first-order valence-corrected chi connectivity index (χ1v) is 11.9. The lowest BCUT2D eigenvalue weighted by atomic mass is 10.0. The number of H-pyrrole nitrogens is 1. The summed E-state index contributed by atoms with van der Waals surface area (Å²) in [5.74, 6) is 0.145. The Kier molecular flexibility index (Phi) is 5.97. The number of nitrogens with zero attached hydrogens (tertiary/aromatic N) is 4. The molecule has 4 heterocycles. The molecular weight excluding hydrogens is 503 g/mol. The summed E-state index contributed by atoms with van der Waals surface area (Å²) in [4.78, 5) is 38.4. The van der Waals surface area contributed by atoms with Gasteiger partial charge in [0.1, 0.15) is 11.1 Å². The molecule has 0 bridgehead atoms. The van der Waals surface area contributed by atoms with Gasteiger partial charge in [0.05, 0.1) is 35.3 Å². The Labute approximate surface area is 216 Å². The van der Waals surface area contributed by atoms with Crippen LogP contribution in [0.2, 0.25) is 10.0 Å². The van der Waals surface area contributed by atoms with Crippen molar-refractivity contribution in [2.45, 2.75) is 25.9 Å². The SMILES string of the molecule is COc1nc(N)ncc1-c1cc2c(n1C(C)C)C(c1ccc(Cl)cc1)N(c1c[nH]c(=O)c(Cl)c1)C2=O. The second-order valence-corrected chi connectivity index (χ2v) is 9.45. The monoisotopic (exact) mass is 524 g/mol. The number of pyridine rings is 1. The van der Waals surface area contributed by atoms with Crippen LogP contribution in [-0.4, -0.2) is 32.5 Å². The van der Waals surface area contributed by atoms with Gasteiger partial charge in [0, 0.05) is 23.5 Å². The summed E-state index contributed by atoms with van der Waals surface area (Å²) in [6.45, 7) is 4.05. The van der Waals surface area contributed by atoms with Gasteiger partial charge in [0.15, 0.2) is 0 Å². The molecule has 0 saturated heterocycles. The molecule has 1 unspecified atom stereocenters. The lowest BCUT2D eigenvalue weighted by Crippen LogP contribution is -2.30. The summed E-state index contributed by atoms with van der Waals surface area (Å²) < 4.78 is 7.55. The molecule has 5 rings (SSSR count). The van der Waals surface area contributed by atoms with E-state index in [4.69, 9.17) is 33.7 Å². The maximum absolute atomic E-state index is 13.9. The Morgan fingerprint density at radius 1 is 1.11 bits per heavy atom. The number of aromatic amines is 1. The van der Waals surface area contributed by atoms with Gasteiger partial charge in [-0.25, -0.2) is 4.98 Å². The largest absolute Gasteiger partial charge is 0.480 e. The van der Waals surface area contributed by atoms with Crippen LogP contribution >= 0.6 is 23.2 Å². The van der Waals surface area contributed by atoms with Crippen LogP contribution in [0.25, 0.3) is 11.3 Å². The molecule has 11 heteroatoms. The number of nitrogen functional groups attached to an aromatic ring is 1. The highest BCUT2D eigenvalue weighted by molar-refractivity contribution is 6.31. The summed E-state index contributed by atoms with van der Waals surface area (Å²) in [6, 6.07) is 10.0. The summed E-state index contributed by atoms with van der Waals surface area (Å²) in [5, 5.41) is 0.563. The second kappa shape index (κ2) is 9.00. The molecule has 0 saturated carbocycles. The second-order valence-electron chi connectivity index (χ2n) is 8.61. The molecule has 9 nitrogen and oxygen atoms in total. The first kappa shape index (κ1) is 23.9. The van der Waals surface area contributed by atoms with E-state index in [2.05, 4.69) is 19.5 Å². The molecule has 1 aromatic carbocycles. The summed E-state index contributed by atoms with van der Waals surface area (Å²) in [7, 11) is 1.50. The number of carbonyl (C=O) groups is 1. The Bertz CT molecular complexity index is 1540. The van der Waals surface area contributed by atoms with E-state index in [1.807, 2.05) is 32.0 Å². The van der Waals surface area contributed by atoms with E-state index < -0.39 is 11.6 Å². The lowest BCUT2D eigenvalue weighted by Gasteiger charge is -2.29. The van der Waals surface area contributed by atoms with E-state index in [0.29, 0.717) is 27.7 Å². The number of hydrogen-bond acceptors (Lipinski definition) is 6. The zero-order chi connectivity index (χ0) is 25.7. The number of nitrogens with two attached hydrogens (primary N) is 1. The fraction of sp³-hybridized carbons (Fsp3) is 0.200. The minimum Gasteiger partial charge on any atom is -0.480 e. The fourth-order valence-electron chi connectivity index (χ4n) is 4.64. The molecule has 1 amide bonds. The van der Waals surface area contributed by atoms with Gasteiger partial charge in [-0.15, -0.1) is 0 Å². The molecule has 36 heavy (non-hydrogen) atoms. The van der Waals surface area contributed by atoms with Gasteiger partial charge in [-0.3, -0.25) is 14.5 Å². The van der Waals surface area contributed by atoms with E-state index >= 15 is 0 Å². The van der Waals surface area contributed by atoms with Gasteiger partial charge in [-0.2, -0.15) is 4.98 Å². The van der Waals surface area contributed by atoms with Crippen LogP contribution in [0.1, 0.15) is 47.5 Å². The maximum atomic E-state index is 13.9. The van der Waals surface area contributed by atoms with Crippen molar-refractivity contribution in [3.63, 3.8) is 0 Å². The minimum atomic E-state index is -0.524. The van der Waals surface area contributed by atoms with Crippen LogP contribution in [0.3, 0.4) is 0 Å². The molecule has 0 fully saturated rings. The van der Waals surface area contributed by atoms with Crippen molar-refractivity contribution < 1.29 is 9.53 Å². The van der Waals surface area contributed by atoms with Crippen LogP contribution in [-0.2, 0) is 0 Å². The first-order chi connectivity index (χ1) is 17.2. The average Bonchev–Trinajstić information content (AvgIpc) is 3.36. The zero-order valence-corrected chi connectivity index (χ0v) is 21.1. The van der Waals surface area contributed by atoms with Gasteiger partial charge in [0.25, 0.3) is 11.5 Å². The molecule has 1 atom stereocenters. The van der Waals surface area contributed by atoms with E-state index in [9.17, 15) is 9.59 Å². The summed E-state index contributed by atoms with van der Waals surface area (Å²) in [6.07, 6.45) is 3.07. The lowest BCUT2D eigenvalue weighted by molar-refractivity contribution is 0.0993. The van der Waals surface area contributed by atoms with Crippen molar-refractivity contribution in [2.75, 3.05) is 17.7 Å². The van der Waals surface area contributed by atoms with Crippen molar-refractivity contribution in [1.29, 1.82) is 0 Å². The summed E-state index contributed by atoms with van der Waals surface area (Å²) >= 11 is 12.3. The van der Waals surface area contributed by atoms with E-state index in [0.717, 1.165) is 17.0 Å². The minimum absolute atomic E-state index is 0.0112. The molecule has 184 valence electrons. The van der Waals surface area contributed by atoms with Gasteiger partial charge in [-0.05, 0) is 43.7 Å². The number of amides is 1. The molecule has 1 aliphatic heterocycles. The molecule has 4 aromatic rings. The van der Waals surface area contributed by atoms with E-state index in [1.54, 1.807) is 23.2 Å². The number of rotatable bonds is 5. The smallest absolute Gasteiger partial charge is 0.266 e. The number of nitrogens with one attached hydrogen (secondary N) is 1. The summed E-state index contributed by atoms with van der Waals surface area (Å²) in [5.41, 5.74) is 9.24. The molecule has 1 aliphatic rings. The number of ether oxygens (including phenoxy) is 1. The van der Waals surface area contributed by atoms with Crippen molar-refractivity contribution in [3.05, 3.63) is 86.0 Å². The zero-order valence-electron chi connectivity index (χ0n) is 19.6. The topological polar surface area (TPSA) is 119 Å². The predicted octanol–water partition coefficient (Wildman–Crippen LogP) is 4.86. The third kappa shape index (κ3) is 3.81.